The fraction of sp³-hybridized carbons (Fsp3) is 0.519. The zero-order valence-electron chi connectivity index (χ0n) is 21.4. The third-order valence-electron chi connectivity index (χ3n) is 6.79. The van der Waals surface area contributed by atoms with Gasteiger partial charge in [-0.15, -0.1) is 12.4 Å². The lowest BCUT2D eigenvalue weighted by atomic mass is 9.90. The first-order chi connectivity index (χ1) is 17.5. The highest BCUT2D eigenvalue weighted by atomic mass is 35.5. The largest absolute Gasteiger partial charge is 0.493 e. The van der Waals surface area contributed by atoms with Gasteiger partial charge in [0.1, 0.15) is 18.5 Å². The number of ketones is 1. The van der Waals surface area contributed by atoms with E-state index in [-0.39, 0.29) is 36.5 Å². The number of anilines is 1. The van der Waals surface area contributed by atoms with Crippen LogP contribution < -0.4 is 19.1 Å². The number of β-amino-alcohol motifs (C(OH)–C–C–N with tert-alkyl or cyclic N) is 1. The summed E-state index contributed by atoms with van der Waals surface area (Å²) in [6.07, 6.45) is 0.679. The molecule has 0 radical (unpaired) electrons. The molecule has 0 saturated carbocycles. The van der Waals surface area contributed by atoms with E-state index < -0.39 is 6.10 Å². The number of piperazine rings is 1. The summed E-state index contributed by atoms with van der Waals surface area (Å²) in [5, 5.41) is 10.6. The molecule has 0 aliphatic carbocycles. The van der Waals surface area contributed by atoms with Gasteiger partial charge in [0.05, 0.1) is 14.2 Å². The van der Waals surface area contributed by atoms with Gasteiger partial charge in [0.2, 0.25) is 5.75 Å². The summed E-state index contributed by atoms with van der Waals surface area (Å²) in [6.45, 7) is 4.84. The molecular formula is C27H36ClFN2O6. The predicted octanol–water partition coefficient (Wildman–Crippen LogP) is 3.44. The number of carbonyl (C=O) groups is 1. The van der Waals surface area contributed by atoms with Crippen molar-refractivity contribution in [3.05, 3.63) is 47.8 Å². The number of benzene rings is 2. The molecule has 0 bridgehead atoms. The Morgan fingerprint density at radius 3 is 2.22 bits per heavy atom. The van der Waals surface area contributed by atoms with Gasteiger partial charge in [-0.2, -0.15) is 0 Å². The average molecular weight is 539 g/mol. The molecule has 0 amide bonds. The Morgan fingerprint density at radius 2 is 1.65 bits per heavy atom. The van der Waals surface area contributed by atoms with Crippen LogP contribution in [0.25, 0.3) is 0 Å². The number of aliphatic hydroxyl groups excluding tert-OH is 1. The maximum absolute atomic E-state index is 13.2. The molecule has 2 aromatic rings. The number of aliphatic hydroxyl groups is 1. The van der Waals surface area contributed by atoms with Crippen LogP contribution in [0.1, 0.15) is 23.2 Å². The Bertz CT molecular complexity index is 985. The number of rotatable bonds is 10. The van der Waals surface area contributed by atoms with Gasteiger partial charge in [0.15, 0.2) is 17.3 Å². The first-order valence-corrected chi connectivity index (χ1v) is 12.4. The highest BCUT2D eigenvalue weighted by Gasteiger charge is 2.26. The van der Waals surface area contributed by atoms with Crippen molar-refractivity contribution in [2.45, 2.75) is 18.9 Å². The summed E-state index contributed by atoms with van der Waals surface area (Å²) < 4.78 is 35.5. The van der Waals surface area contributed by atoms with E-state index in [0.717, 1.165) is 31.9 Å². The number of ether oxygens (including phenoxy) is 4. The van der Waals surface area contributed by atoms with E-state index in [1.54, 1.807) is 24.3 Å². The van der Waals surface area contributed by atoms with Crippen LogP contribution in [0.2, 0.25) is 0 Å². The fourth-order valence-corrected chi connectivity index (χ4v) is 4.73. The third kappa shape index (κ3) is 7.47. The van der Waals surface area contributed by atoms with Crippen molar-refractivity contribution in [1.82, 2.24) is 4.90 Å². The molecule has 1 N–H and O–H groups in total. The highest BCUT2D eigenvalue weighted by molar-refractivity contribution is 5.99. The minimum Gasteiger partial charge on any atom is -0.493 e. The number of halogens is 2. The Kier molecular flexibility index (Phi) is 10.8. The van der Waals surface area contributed by atoms with Crippen molar-refractivity contribution in [2.24, 2.45) is 5.92 Å². The van der Waals surface area contributed by atoms with Crippen molar-refractivity contribution < 1.29 is 33.2 Å². The molecule has 10 heteroatoms. The molecule has 2 aliphatic rings. The van der Waals surface area contributed by atoms with Crippen LogP contribution in [0.3, 0.4) is 0 Å². The average Bonchev–Trinajstić information content (AvgIpc) is 2.92. The molecule has 2 heterocycles. The summed E-state index contributed by atoms with van der Waals surface area (Å²) in [5.74, 6) is 0.874. The van der Waals surface area contributed by atoms with Gasteiger partial charge in [-0.05, 0) is 49.2 Å². The molecule has 204 valence electrons. The lowest BCUT2D eigenvalue weighted by Gasteiger charge is -2.36. The first kappa shape index (κ1) is 29.0. The van der Waals surface area contributed by atoms with Crippen LogP contribution in [0, 0.1) is 11.7 Å². The second-order valence-electron chi connectivity index (χ2n) is 9.19. The number of methoxy groups -OCH3 is 2. The summed E-state index contributed by atoms with van der Waals surface area (Å²) >= 11 is 0. The summed E-state index contributed by atoms with van der Waals surface area (Å²) in [5.41, 5.74) is 1.51. The highest BCUT2D eigenvalue weighted by Crippen LogP contribution is 2.39. The van der Waals surface area contributed by atoms with Crippen LogP contribution in [0.15, 0.2) is 36.4 Å². The van der Waals surface area contributed by atoms with Crippen LogP contribution in [0.5, 0.6) is 17.2 Å². The molecule has 2 saturated heterocycles. The molecule has 0 aromatic heterocycles. The van der Waals surface area contributed by atoms with Gasteiger partial charge >= 0.3 is 0 Å². The lowest BCUT2D eigenvalue weighted by molar-refractivity contribution is 0.0543. The Balaban J connectivity index is 0.00000380. The number of nitrogens with zero attached hydrogens (tertiary/aromatic N) is 2. The number of carbonyl (C=O) groups excluding carboxylic acids is 1. The molecule has 37 heavy (non-hydrogen) atoms. The zero-order valence-corrected chi connectivity index (χ0v) is 22.2. The number of hydrogen-bond donors (Lipinski definition) is 1. The molecule has 2 fully saturated rings. The van der Waals surface area contributed by atoms with E-state index in [9.17, 15) is 14.3 Å². The quantitative estimate of drug-likeness (QED) is 0.461. The summed E-state index contributed by atoms with van der Waals surface area (Å²) in [7, 11) is 3.03. The first-order valence-electron chi connectivity index (χ1n) is 12.4. The van der Waals surface area contributed by atoms with Crippen LogP contribution in [-0.2, 0) is 4.74 Å². The van der Waals surface area contributed by atoms with Crippen LogP contribution in [-0.4, -0.2) is 88.7 Å². The maximum Gasteiger partial charge on any atom is 0.203 e. The molecular weight excluding hydrogens is 503 g/mol. The van der Waals surface area contributed by atoms with Gasteiger partial charge in [-0.3, -0.25) is 9.69 Å². The summed E-state index contributed by atoms with van der Waals surface area (Å²) in [6, 6.07) is 9.87. The molecule has 2 aromatic carbocycles. The van der Waals surface area contributed by atoms with E-state index >= 15 is 0 Å². The molecule has 0 spiro atoms. The van der Waals surface area contributed by atoms with Crippen molar-refractivity contribution in [3.63, 3.8) is 0 Å². The molecule has 4 rings (SSSR count). The monoisotopic (exact) mass is 538 g/mol. The van der Waals surface area contributed by atoms with E-state index in [0.29, 0.717) is 55.4 Å². The normalized spacial score (nSPS) is 17.6. The van der Waals surface area contributed by atoms with Crippen molar-refractivity contribution >= 4 is 23.9 Å². The van der Waals surface area contributed by atoms with Crippen molar-refractivity contribution in [1.29, 1.82) is 0 Å². The molecule has 1 unspecified atom stereocenters. The zero-order chi connectivity index (χ0) is 25.5. The number of hydrogen-bond acceptors (Lipinski definition) is 8. The van der Waals surface area contributed by atoms with Gasteiger partial charge in [-0.1, -0.05) is 0 Å². The van der Waals surface area contributed by atoms with Gasteiger partial charge in [-0.25, -0.2) is 4.39 Å². The minimum atomic E-state index is -0.722. The van der Waals surface area contributed by atoms with Gasteiger partial charge in [0, 0.05) is 63.1 Å². The van der Waals surface area contributed by atoms with E-state index in [4.69, 9.17) is 18.9 Å². The standard InChI is InChI=1S/C27H35FN2O6.ClH/c1-33-24-15-20(26(32)19-7-13-35-14-8-19)16-25(34-2)27(24)36-18-23(31)17-29-9-11-30(12-10-29)22-5-3-21(28)4-6-22;/h3-6,15-16,19,23,31H,7-14,17-18H2,1-2H3;1H. The van der Waals surface area contributed by atoms with E-state index in [1.807, 2.05) is 0 Å². The number of Topliss-reactive ketones (excluding diaryl/α,β-unsaturated/α-hetero) is 1. The predicted molar refractivity (Wildman–Crippen MR) is 141 cm³/mol. The van der Waals surface area contributed by atoms with Crippen molar-refractivity contribution in [2.75, 3.05) is 71.7 Å². The molecule has 8 nitrogen and oxygen atoms in total. The Hall–Kier alpha value is -2.59. The Morgan fingerprint density at radius 1 is 1.05 bits per heavy atom. The van der Waals surface area contributed by atoms with E-state index in [1.165, 1.54) is 26.4 Å². The topological polar surface area (TPSA) is 80.7 Å². The van der Waals surface area contributed by atoms with Gasteiger partial charge in [0.25, 0.3) is 0 Å². The van der Waals surface area contributed by atoms with E-state index in [2.05, 4.69) is 9.80 Å². The smallest absolute Gasteiger partial charge is 0.203 e. The molecule has 1 atom stereocenters. The van der Waals surface area contributed by atoms with Crippen LogP contribution >= 0.6 is 12.4 Å². The second kappa shape index (κ2) is 13.8. The van der Waals surface area contributed by atoms with Gasteiger partial charge < -0.3 is 29.0 Å². The SMILES string of the molecule is COc1cc(C(=O)C2CCOCC2)cc(OC)c1OCC(O)CN1CCN(c2ccc(F)cc2)CC1.Cl. The summed E-state index contributed by atoms with van der Waals surface area (Å²) in [4.78, 5) is 17.4. The maximum atomic E-state index is 13.2. The molecule has 2 aliphatic heterocycles. The Labute approximate surface area is 223 Å². The fourth-order valence-electron chi connectivity index (χ4n) is 4.73. The van der Waals surface area contributed by atoms with Crippen LogP contribution in [0.4, 0.5) is 10.1 Å². The second-order valence-corrected chi connectivity index (χ2v) is 9.19. The minimum absolute atomic E-state index is 0. The lowest BCUT2D eigenvalue weighted by Crippen LogP contribution is -2.49. The third-order valence-corrected chi connectivity index (χ3v) is 6.79. The van der Waals surface area contributed by atoms with Crippen molar-refractivity contribution in [3.8, 4) is 17.2 Å².